The summed E-state index contributed by atoms with van der Waals surface area (Å²) in [6, 6.07) is 0. The summed E-state index contributed by atoms with van der Waals surface area (Å²) >= 11 is 6.59. The smallest absolute Gasteiger partial charge is 0.265 e. The van der Waals surface area contributed by atoms with Crippen LogP contribution in [-0.4, -0.2) is 10.5 Å². The van der Waals surface area contributed by atoms with Crippen LogP contribution in [-0.2, 0) is 0 Å². The average Bonchev–Trinajstić information content (AvgIpc) is 2.63. The van der Waals surface area contributed by atoms with E-state index in [0.717, 1.165) is 0 Å². The molecule has 0 aromatic carbocycles. The zero-order chi connectivity index (χ0) is 8.84. The summed E-state index contributed by atoms with van der Waals surface area (Å²) in [4.78, 5) is 11.2. The number of hydrogen-bond donors (Lipinski definition) is 0. The van der Waals surface area contributed by atoms with E-state index < -0.39 is 0 Å². The standard InChI is InChI=1S/C8H6OS4/c9-8-12-6-7(13-8)11-5-3-1-2-4(5)10-6/h1-2,4-5H,3H2. The lowest BCUT2D eigenvalue weighted by Gasteiger charge is -2.22. The average molecular weight is 246 g/mol. The Kier molecular flexibility index (Phi) is 2.08. The van der Waals surface area contributed by atoms with Gasteiger partial charge in [-0.2, -0.15) is 0 Å². The van der Waals surface area contributed by atoms with Crippen molar-refractivity contribution in [2.24, 2.45) is 0 Å². The molecule has 0 saturated heterocycles. The van der Waals surface area contributed by atoms with Gasteiger partial charge in [0.05, 0.1) is 8.42 Å². The molecular weight excluding hydrogens is 240 g/mol. The monoisotopic (exact) mass is 246 g/mol. The van der Waals surface area contributed by atoms with Crippen molar-refractivity contribution < 1.29 is 0 Å². The Bertz CT molecular complexity index is 416. The Morgan fingerprint density at radius 2 is 2.00 bits per heavy atom. The van der Waals surface area contributed by atoms with E-state index in [2.05, 4.69) is 12.2 Å². The minimum Gasteiger partial charge on any atom is -0.265 e. The van der Waals surface area contributed by atoms with Gasteiger partial charge in [-0.05, 0) is 6.42 Å². The molecule has 0 spiro atoms. The first-order valence-electron chi connectivity index (χ1n) is 3.97. The third kappa shape index (κ3) is 1.42. The molecule has 3 rings (SSSR count). The van der Waals surface area contributed by atoms with Gasteiger partial charge in [0.2, 0.25) is 0 Å². The molecule has 1 aromatic heterocycles. The molecule has 1 aliphatic carbocycles. The van der Waals surface area contributed by atoms with Crippen molar-refractivity contribution in [3.8, 4) is 0 Å². The second kappa shape index (κ2) is 3.15. The summed E-state index contributed by atoms with van der Waals surface area (Å²) in [5.74, 6) is 0. The van der Waals surface area contributed by atoms with Crippen LogP contribution in [0.15, 0.2) is 25.4 Å². The summed E-state index contributed by atoms with van der Waals surface area (Å²) in [6.45, 7) is 0. The topological polar surface area (TPSA) is 17.1 Å². The maximum absolute atomic E-state index is 11.2. The van der Waals surface area contributed by atoms with E-state index in [1.807, 2.05) is 23.5 Å². The molecule has 0 radical (unpaired) electrons. The van der Waals surface area contributed by atoms with Crippen molar-refractivity contribution in [3.05, 3.63) is 21.0 Å². The van der Waals surface area contributed by atoms with Gasteiger partial charge in [0.15, 0.2) is 0 Å². The number of hydrogen-bond acceptors (Lipinski definition) is 5. The highest BCUT2D eigenvalue weighted by atomic mass is 32.2. The fraction of sp³-hybridized carbons (Fsp3) is 0.375. The highest BCUT2D eigenvalue weighted by molar-refractivity contribution is 8.09. The second-order valence-electron chi connectivity index (χ2n) is 2.93. The summed E-state index contributed by atoms with van der Waals surface area (Å²) < 4.78 is 2.74. The van der Waals surface area contributed by atoms with E-state index in [1.54, 1.807) is 0 Å². The summed E-state index contributed by atoms with van der Waals surface area (Å²) in [6.07, 6.45) is 5.70. The van der Waals surface area contributed by atoms with E-state index in [1.165, 1.54) is 37.5 Å². The number of thioether (sulfide) groups is 2. The lowest BCUT2D eigenvalue weighted by molar-refractivity contribution is 0.958. The predicted molar refractivity (Wildman–Crippen MR) is 61.5 cm³/mol. The lowest BCUT2D eigenvalue weighted by Crippen LogP contribution is -2.14. The molecule has 0 fully saturated rings. The van der Waals surface area contributed by atoms with Gasteiger partial charge >= 0.3 is 0 Å². The number of fused-ring (bicyclic) bond motifs is 2. The Labute approximate surface area is 92.3 Å². The Hall–Kier alpha value is 0.290. The molecule has 68 valence electrons. The van der Waals surface area contributed by atoms with Gasteiger partial charge < -0.3 is 0 Å². The molecule has 0 amide bonds. The van der Waals surface area contributed by atoms with E-state index in [9.17, 15) is 4.79 Å². The van der Waals surface area contributed by atoms with Crippen LogP contribution < -0.4 is 4.06 Å². The van der Waals surface area contributed by atoms with Crippen molar-refractivity contribution in [2.45, 2.75) is 25.3 Å². The van der Waals surface area contributed by atoms with Crippen LogP contribution in [0, 0.1) is 0 Å². The van der Waals surface area contributed by atoms with Crippen LogP contribution in [0.3, 0.4) is 0 Å². The summed E-state index contributed by atoms with van der Waals surface area (Å²) in [7, 11) is 0. The van der Waals surface area contributed by atoms with Crippen LogP contribution in [0.4, 0.5) is 0 Å². The van der Waals surface area contributed by atoms with Crippen molar-refractivity contribution in [1.82, 2.24) is 0 Å². The Morgan fingerprint density at radius 1 is 1.23 bits per heavy atom. The Balaban J connectivity index is 2.03. The molecule has 5 heteroatoms. The molecule has 2 heterocycles. The second-order valence-corrected chi connectivity index (χ2v) is 8.11. The quantitative estimate of drug-likeness (QED) is 0.655. The largest absolute Gasteiger partial charge is 0.289 e. The third-order valence-corrected chi connectivity index (χ3v) is 7.84. The Morgan fingerprint density at radius 3 is 2.85 bits per heavy atom. The highest BCUT2D eigenvalue weighted by Gasteiger charge is 2.32. The summed E-state index contributed by atoms with van der Waals surface area (Å²) in [5.41, 5.74) is 0. The van der Waals surface area contributed by atoms with Crippen LogP contribution >= 0.6 is 46.2 Å². The zero-order valence-electron chi connectivity index (χ0n) is 6.56. The van der Waals surface area contributed by atoms with E-state index >= 15 is 0 Å². The molecular formula is C8H6OS4. The molecule has 0 bridgehead atoms. The molecule has 2 aliphatic rings. The van der Waals surface area contributed by atoms with Crippen LogP contribution in [0.5, 0.6) is 0 Å². The molecule has 1 aromatic rings. The molecule has 13 heavy (non-hydrogen) atoms. The molecule has 2 atom stereocenters. The molecule has 1 nitrogen and oxygen atoms in total. The maximum atomic E-state index is 11.2. The van der Waals surface area contributed by atoms with Gasteiger partial charge in [-0.15, -0.1) is 23.5 Å². The van der Waals surface area contributed by atoms with Gasteiger partial charge in [0.25, 0.3) is 4.06 Å². The lowest BCUT2D eigenvalue weighted by atomic mass is 10.3. The molecule has 1 aliphatic heterocycles. The normalized spacial score (nSPS) is 30.2. The van der Waals surface area contributed by atoms with Crippen molar-refractivity contribution in [2.75, 3.05) is 0 Å². The maximum Gasteiger partial charge on any atom is 0.289 e. The van der Waals surface area contributed by atoms with Crippen LogP contribution in [0.1, 0.15) is 6.42 Å². The molecule has 0 N–H and O–H groups in total. The highest BCUT2D eigenvalue weighted by Crippen LogP contribution is 2.51. The number of rotatable bonds is 0. The van der Waals surface area contributed by atoms with E-state index in [0.29, 0.717) is 10.5 Å². The van der Waals surface area contributed by atoms with Gasteiger partial charge in [0, 0.05) is 10.5 Å². The molecule has 0 saturated carbocycles. The van der Waals surface area contributed by atoms with Crippen molar-refractivity contribution >= 4 is 46.2 Å². The van der Waals surface area contributed by atoms with Crippen molar-refractivity contribution in [1.29, 1.82) is 0 Å². The predicted octanol–water partition coefficient (Wildman–Crippen LogP) is 3.06. The number of allylic oxidation sites excluding steroid dienone is 1. The van der Waals surface area contributed by atoms with E-state index in [4.69, 9.17) is 0 Å². The third-order valence-electron chi connectivity index (χ3n) is 2.08. The van der Waals surface area contributed by atoms with Gasteiger partial charge in [-0.25, -0.2) is 0 Å². The first-order chi connectivity index (χ1) is 6.33. The van der Waals surface area contributed by atoms with Gasteiger partial charge in [-0.3, -0.25) is 4.79 Å². The summed E-state index contributed by atoms with van der Waals surface area (Å²) in [5, 5.41) is 1.30. The minimum absolute atomic E-state index is 0.244. The van der Waals surface area contributed by atoms with Gasteiger partial charge in [-0.1, -0.05) is 34.8 Å². The first-order valence-corrected chi connectivity index (χ1v) is 7.36. The van der Waals surface area contributed by atoms with E-state index in [-0.39, 0.29) is 4.06 Å². The fourth-order valence-corrected chi connectivity index (χ4v) is 7.50. The van der Waals surface area contributed by atoms with Crippen LogP contribution in [0.2, 0.25) is 0 Å². The fourth-order valence-electron chi connectivity index (χ4n) is 1.50. The van der Waals surface area contributed by atoms with Gasteiger partial charge in [0.1, 0.15) is 0 Å². The molecule has 2 unspecified atom stereocenters. The first kappa shape index (κ1) is 8.59. The zero-order valence-corrected chi connectivity index (χ0v) is 9.82. The van der Waals surface area contributed by atoms with Crippen molar-refractivity contribution in [3.63, 3.8) is 0 Å². The minimum atomic E-state index is 0.244. The van der Waals surface area contributed by atoms with Crippen LogP contribution in [0.25, 0.3) is 0 Å². The SMILES string of the molecule is O=c1sc2c(s1)SC1CC=CC1S2.